The van der Waals surface area contributed by atoms with Crippen molar-refractivity contribution in [3.63, 3.8) is 0 Å². The van der Waals surface area contributed by atoms with E-state index in [0.29, 0.717) is 47.3 Å². The predicted octanol–water partition coefficient (Wildman–Crippen LogP) is 4.10. The van der Waals surface area contributed by atoms with Crippen LogP contribution in [0.4, 0.5) is 0 Å². The summed E-state index contributed by atoms with van der Waals surface area (Å²) in [6, 6.07) is 0. The van der Waals surface area contributed by atoms with Crippen LogP contribution in [0.1, 0.15) is 125 Å². The second-order valence-corrected chi connectivity index (χ2v) is 17.9. The van der Waals surface area contributed by atoms with Crippen LogP contribution in [0.15, 0.2) is 0 Å². The van der Waals surface area contributed by atoms with Gasteiger partial charge in [0, 0.05) is 25.8 Å². The van der Waals surface area contributed by atoms with Crippen molar-refractivity contribution in [2.24, 2.45) is 58.0 Å². The van der Waals surface area contributed by atoms with Crippen molar-refractivity contribution in [3.8, 4) is 0 Å². The summed E-state index contributed by atoms with van der Waals surface area (Å²) in [5.41, 5.74) is 7.56. The molecule has 9 nitrogen and oxygen atoms in total. The highest BCUT2D eigenvalue weighted by Gasteiger charge is 2.63. The maximum absolute atomic E-state index is 11.8. The van der Waals surface area contributed by atoms with Crippen molar-refractivity contribution in [1.29, 1.82) is 0 Å². The van der Waals surface area contributed by atoms with Crippen LogP contribution >= 0.6 is 0 Å². The fourth-order valence-electron chi connectivity index (χ4n) is 10.9. The van der Waals surface area contributed by atoms with Crippen molar-refractivity contribution in [2.75, 3.05) is 39.3 Å². The largest absolute Gasteiger partial charge is 0.397 e. The van der Waals surface area contributed by atoms with E-state index in [1.165, 1.54) is 57.1 Å². The molecule has 10 atom stereocenters. The van der Waals surface area contributed by atoms with Gasteiger partial charge in [0.1, 0.15) is 6.54 Å². The molecule has 0 aromatic rings. The molecule has 0 aromatic heterocycles. The Balaban J connectivity index is 1.25. The molecule has 0 amide bonds. The highest BCUT2D eigenvalue weighted by molar-refractivity contribution is 7.80. The van der Waals surface area contributed by atoms with Gasteiger partial charge >= 0.3 is 10.4 Å². The molecule has 4 rings (SSSR count). The first-order valence-electron chi connectivity index (χ1n) is 19.3. The quantitative estimate of drug-likeness (QED) is 0.0882. The highest BCUT2D eigenvalue weighted by atomic mass is 32.3. The molecular weight excluding hydrogens is 612 g/mol. The molecule has 0 aromatic carbocycles. The molecule has 0 bridgehead atoms. The van der Waals surface area contributed by atoms with E-state index in [-0.39, 0.29) is 17.4 Å². The molecule has 274 valence electrons. The number of rotatable bonds is 19. The van der Waals surface area contributed by atoms with E-state index >= 15 is 0 Å². The van der Waals surface area contributed by atoms with E-state index in [4.69, 9.17) is 9.92 Å². The summed E-state index contributed by atoms with van der Waals surface area (Å²) in [5.74, 6) is 3.12. The summed E-state index contributed by atoms with van der Waals surface area (Å²) in [4.78, 5) is 3.81. The summed E-state index contributed by atoms with van der Waals surface area (Å²) >= 11 is 0. The Bertz CT molecular complexity index is 1100. The van der Waals surface area contributed by atoms with Crippen LogP contribution in [-0.2, 0) is 14.6 Å². The lowest BCUT2D eigenvalue weighted by atomic mass is 9.43. The van der Waals surface area contributed by atoms with Crippen molar-refractivity contribution >= 4 is 16.1 Å². The van der Waals surface area contributed by atoms with Crippen molar-refractivity contribution in [2.45, 2.75) is 137 Å². The van der Waals surface area contributed by atoms with Gasteiger partial charge in [-0.05, 0) is 149 Å². The lowest BCUT2D eigenvalue weighted by Crippen LogP contribution is -2.75. The van der Waals surface area contributed by atoms with E-state index in [0.717, 1.165) is 71.4 Å². The standard InChI is InChI=1S/C37H70N4O5S/c1-26(2)34(46-47(43,44)45)13-10-27(3)30-11-12-31-35-32(15-17-37(30,31)5)36(4)16-14-29(24-28(36)25-33(35)42)41-23-9-22-40-20-7-6-19-39-21-8-18-38/h26-28,30-35,39-40,42H,6-25,38H2,1-5H3,(H,43,44,45)/p+1/t27-,28-,30-,31?,32?,33-,34-,35?,36+,37-/m1/s1. The molecule has 0 heterocycles. The molecule has 10 heteroatoms. The van der Waals surface area contributed by atoms with Crippen molar-refractivity contribution < 1.29 is 27.3 Å². The van der Waals surface area contributed by atoms with Crippen LogP contribution in [-0.4, -0.2) is 75.3 Å². The first-order chi connectivity index (χ1) is 22.3. The topological polar surface area (TPSA) is 148 Å². The van der Waals surface area contributed by atoms with Gasteiger partial charge < -0.3 is 21.5 Å². The van der Waals surface area contributed by atoms with Gasteiger partial charge in [-0.3, -0.25) is 4.55 Å². The predicted molar refractivity (Wildman–Crippen MR) is 190 cm³/mol. The number of unbranched alkanes of at least 4 members (excludes halogenated alkanes) is 1. The monoisotopic (exact) mass is 684 g/mol. The molecule has 4 fully saturated rings. The average molecular weight is 684 g/mol. The third-order valence-electron chi connectivity index (χ3n) is 13.6. The van der Waals surface area contributed by atoms with E-state index in [1.54, 1.807) is 0 Å². The van der Waals surface area contributed by atoms with E-state index in [9.17, 15) is 18.1 Å². The zero-order valence-corrected chi connectivity index (χ0v) is 31.3. The highest BCUT2D eigenvalue weighted by Crippen LogP contribution is 2.68. The second kappa shape index (κ2) is 17.5. The molecule has 0 aliphatic heterocycles. The van der Waals surface area contributed by atoms with Crippen LogP contribution in [0, 0.1) is 52.3 Å². The molecule has 4 saturated carbocycles. The van der Waals surface area contributed by atoms with Crippen LogP contribution < -0.4 is 21.4 Å². The molecule has 3 unspecified atom stereocenters. The number of hydrogen-bond acceptors (Lipinski definition) is 7. The zero-order chi connectivity index (χ0) is 34.2. The van der Waals surface area contributed by atoms with Crippen LogP contribution in [0.2, 0.25) is 0 Å². The molecule has 4 aliphatic rings. The third kappa shape index (κ3) is 10.0. The Hall–Kier alpha value is -0.620. The lowest BCUT2D eigenvalue weighted by molar-refractivity contribution is -0.461. The third-order valence-corrected chi connectivity index (χ3v) is 14.1. The fourth-order valence-corrected chi connectivity index (χ4v) is 11.5. The van der Waals surface area contributed by atoms with Crippen LogP contribution in [0.25, 0.3) is 0 Å². The second-order valence-electron chi connectivity index (χ2n) is 16.8. The minimum Gasteiger partial charge on any atom is -0.393 e. The number of hydrogen-bond donors (Lipinski definition) is 6. The van der Waals surface area contributed by atoms with Crippen LogP contribution in [0.5, 0.6) is 0 Å². The number of nitrogens with one attached hydrogen (secondary N) is 3. The van der Waals surface area contributed by atoms with Crippen molar-refractivity contribution in [3.05, 3.63) is 0 Å². The fraction of sp³-hybridized carbons (Fsp3) is 0.973. The van der Waals surface area contributed by atoms with Gasteiger partial charge in [0.15, 0.2) is 5.71 Å². The minimum atomic E-state index is -4.46. The average Bonchev–Trinajstić information content (AvgIpc) is 3.36. The summed E-state index contributed by atoms with van der Waals surface area (Å²) in [7, 11) is -4.46. The van der Waals surface area contributed by atoms with Crippen LogP contribution in [0.3, 0.4) is 0 Å². The van der Waals surface area contributed by atoms with Gasteiger partial charge in [-0.15, -0.1) is 0 Å². The maximum atomic E-state index is 11.8. The molecule has 0 radical (unpaired) electrons. The molecule has 4 aliphatic carbocycles. The smallest absolute Gasteiger partial charge is 0.393 e. The Kier molecular flexibility index (Phi) is 14.6. The number of aliphatic hydroxyl groups is 1. The van der Waals surface area contributed by atoms with E-state index in [2.05, 4.69) is 36.4 Å². The van der Waals surface area contributed by atoms with Gasteiger partial charge in [0.2, 0.25) is 0 Å². The van der Waals surface area contributed by atoms with Gasteiger partial charge in [0.05, 0.1) is 12.2 Å². The summed E-state index contributed by atoms with van der Waals surface area (Å²) in [5, 5.41) is 18.9. The SMILES string of the molecule is CC(C)[C@@H](CC[C@@H](C)[C@H]1CCC2C3C(CC[C@@]21C)[C@@]1(C)CCC(=[NH+]CCCNCCCCNCCCN)C[C@@H]1C[C@H]3O)OS(=O)(=O)O. The minimum absolute atomic E-state index is 0.0120. The first-order valence-corrected chi connectivity index (χ1v) is 20.7. The Labute approximate surface area is 287 Å². The van der Waals surface area contributed by atoms with Gasteiger partial charge in [0.25, 0.3) is 0 Å². The van der Waals surface area contributed by atoms with E-state index in [1.807, 2.05) is 13.8 Å². The van der Waals surface area contributed by atoms with Crippen molar-refractivity contribution in [1.82, 2.24) is 10.6 Å². The Morgan fingerprint density at radius 2 is 1.60 bits per heavy atom. The number of nitrogens with two attached hydrogens (primary N) is 1. The summed E-state index contributed by atoms with van der Waals surface area (Å²) in [6.45, 7) is 17.3. The van der Waals surface area contributed by atoms with E-state index < -0.39 is 16.5 Å². The Morgan fingerprint density at radius 1 is 0.936 bits per heavy atom. The Morgan fingerprint density at radius 3 is 2.26 bits per heavy atom. The van der Waals surface area contributed by atoms with Gasteiger partial charge in [-0.2, -0.15) is 8.42 Å². The molecule has 7 N–H and O–H groups in total. The zero-order valence-electron chi connectivity index (χ0n) is 30.4. The maximum Gasteiger partial charge on any atom is 0.397 e. The van der Waals surface area contributed by atoms with Gasteiger partial charge in [-0.25, -0.2) is 9.18 Å². The molecular formula is C37H71N4O5S+. The number of aliphatic hydroxyl groups excluding tert-OH is 1. The summed E-state index contributed by atoms with van der Waals surface area (Å²) in [6.07, 6.45) is 14.7. The molecule has 0 spiro atoms. The van der Waals surface area contributed by atoms with Gasteiger partial charge in [-0.1, -0.05) is 34.6 Å². The lowest BCUT2D eigenvalue weighted by Gasteiger charge is -2.61. The first kappa shape index (κ1) is 39.2. The summed E-state index contributed by atoms with van der Waals surface area (Å²) < 4.78 is 37.2. The molecule has 0 saturated heterocycles. The number of fused-ring (bicyclic) bond motifs is 5. The molecule has 47 heavy (non-hydrogen) atoms. The normalized spacial score (nSPS) is 36.2.